The van der Waals surface area contributed by atoms with E-state index in [4.69, 9.17) is 0 Å². The van der Waals surface area contributed by atoms with Crippen molar-refractivity contribution >= 4 is 23.3 Å². The van der Waals surface area contributed by atoms with Crippen molar-refractivity contribution in [2.45, 2.75) is 12.5 Å². The first kappa shape index (κ1) is 20.3. The summed E-state index contributed by atoms with van der Waals surface area (Å²) in [6.07, 6.45) is 0.00964. The largest absolute Gasteiger partial charge is 0.508 e. The molecule has 0 spiro atoms. The molecule has 1 amide bonds. The fourth-order valence-electron chi connectivity index (χ4n) is 2.38. The minimum atomic E-state index is -1.15. The second-order valence-electron chi connectivity index (χ2n) is 5.67. The third-order valence-electron chi connectivity index (χ3n) is 3.75. The number of nitrogens with zero attached hydrogens (tertiary/aromatic N) is 2. The van der Waals surface area contributed by atoms with Crippen LogP contribution in [0, 0.1) is 20.2 Å². The summed E-state index contributed by atoms with van der Waals surface area (Å²) < 4.78 is 4.65. The lowest BCUT2D eigenvalue weighted by Crippen LogP contribution is -2.43. The Hall–Kier alpha value is -4.02. The zero-order valence-electron chi connectivity index (χ0n) is 14.5. The van der Waals surface area contributed by atoms with Crippen LogP contribution < -0.4 is 5.32 Å². The molecular weight excluding hydrogens is 374 g/mol. The number of aromatic hydroxyl groups is 1. The topological polar surface area (TPSA) is 162 Å². The summed E-state index contributed by atoms with van der Waals surface area (Å²) in [7, 11) is 1.12. The molecule has 2 aromatic carbocycles. The Kier molecular flexibility index (Phi) is 6.22. The lowest BCUT2D eigenvalue weighted by Gasteiger charge is -2.16. The van der Waals surface area contributed by atoms with Gasteiger partial charge in [-0.05, 0) is 17.7 Å². The van der Waals surface area contributed by atoms with E-state index in [0.29, 0.717) is 5.56 Å². The van der Waals surface area contributed by atoms with E-state index in [2.05, 4.69) is 10.1 Å². The first-order valence-electron chi connectivity index (χ1n) is 7.81. The van der Waals surface area contributed by atoms with Crippen molar-refractivity contribution in [1.82, 2.24) is 5.32 Å². The minimum absolute atomic E-state index is 0.00964. The second-order valence-corrected chi connectivity index (χ2v) is 5.67. The van der Waals surface area contributed by atoms with E-state index in [1.807, 2.05) is 0 Å². The number of carbonyl (C=O) groups is 2. The number of hydrogen-bond acceptors (Lipinski definition) is 8. The predicted molar refractivity (Wildman–Crippen MR) is 94.8 cm³/mol. The molecule has 2 rings (SSSR count). The number of carbonyl (C=O) groups excluding carboxylic acids is 2. The van der Waals surface area contributed by atoms with Gasteiger partial charge in [-0.15, -0.1) is 0 Å². The zero-order chi connectivity index (χ0) is 20.8. The van der Waals surface area contributed by atoms with Crippen LogP contribution in [0.25, 0.3) is 0 Å². The van der Waals surface area contributed by atoms with Gasteiger partial charge in [-0.25, -0.2) is 4.79 Å². The van der Waals surface area contributed by atoms with Crippen molar-refractivity contribution in [3.8, 4) is 5.75 Å². The van der Waals surface area contributed by atoms with Crippen LogP contribution in [0.1, 0.15) is 15.9 Å². The van der Waals surface area contributed by atoms with Crippen molar-refractivity contribution in [2.75, 3.05) is 7.11 Å². The lowest BCUT2D eigenvalue weighted by atomic mass is 10.0. The van der Waals surface area contributed by atoms with Crippen molar-refractivity contribution in [3.63, 3.8) is 0 Å². The highest BCUT2D eigenvalue weighted by atomic mass is 16.6. The number of methoxy groups -OCH3 is 1. The maximum absolute atomic E-state index is 12.5. The smallest absolute Gasteiger partial charge is 0.328 e. The van der Waals surface area contributed by atoms with Gasteiger partial charge in [0.15, 0.2) is 0 Å². The van der Waals surface area contributed by atoms with Crippen LogP contribution in [0.15, 0.2) is 42.5 Å². The highest BCUT2D eigenvalue weighted by Crippen LogP contribution is 2.23. The van der Waals surface area contributed by atoms with Gasteiger partial charge in [0, 0.05) is 18.6 Å². The molecule has 2 aromatic rings. The molecule has 0 saturated carbocycles. The normalized spacial score (nSPS) is 11.3. The van der Waals surface area contributed by atoms with Gasteiger partial charge in [-0.3, -0.25) is 25.0 Å². The van der Waals surface area contributed by atoms with Crippen LogP contribution in [0.4, 0.5) is 11.4 Å². The van der Waals surface area contributed by atoms with E-state index in [1.165, 1.54) is 24.3 Å². The molecule has 0 aromatic heterocycles. The van der Waals surface area contributed by atoms with Crippen LogP contribution in [0.5, 0.6) is 5.75 Å². The number of ether oxygens (including phenoxy) is 1. The Morgan fingerprint density at radius 1 is 1.07 bits per heavy atom. The van der Waals surface area contributed by atoms with Crippen molar-refractivity contribution < 1.29 is 29.3 Å². The molecule has 2 N–H and O–H groups in total. The van der Waals surface area contributed by atoms with Crippen molar-refractivity contribution in [1.29, 1.82) is 0 Å². The lowest BCUT2D eigenvalue weighted by molar-refractivity contribution is -0.394. The quantitative estimate of drug-likeness (QED) is 0.411. The number of rotatable bonds is 7. The number of nitro benzene ring substituents is 2. The molecule has 146 valence electrons. The SMILES string of the molecule is COC(=O)C(Cc1ccc(O)cc1)NC(=O)c1cc([N+](=O)[O-])cc([N+](=O)[O-])c1. The molecule has 28 heavy (non-hydrogen) atoms. The third kappa shape index (κ3) is 5.00. The molecule has 0 fully saturated rings. The molecule has 11 nitrogen and oxygen atoms in total. The van der Waals surface area contributed by atoms with E-state index in [-0.39, 0.29) is 17.7 Å². The van der Waals surface area contributed by atoms with E-state index >= 15 is 0 Å². The molecule has 1 atom stereocenters. The standard InChI is InChI=1S/C17H15N3O8/c1-28-17(23)15(6-10-2-4-14(21)5-3-10)18-16(22)11-7-12(19(24)25)9-13(8-11)20(26)27/h2-5,7-9,15,21H,6H2,1H3,(H,18,22). The molecular formula is C17H15N3O8. The predicted octanol–water partition coefficient (Wildman–Crippen LogP) is 1.72. The van der Waals surface area contributed by atoms with Gasteiger partial charge >= 0.3 is 5.97 Å². The minimum Gasteiger partial charge on any atom is -0.508 e. The van der Waals surface area contributed by atoms with Crippen LogP contribution in [-0.2, 0) is 16.0 Å². The Balaban J connectivity index is 2.30. The van der Waals surface area contributed by atoms with E-state index in [1.54, 1.807) is 0 Å². The maximum atomic E-state index is 12.5. The van der Waals surface area contributed by atoms with Gasteiger partial charge in [0.1, 0.15) is 11.8 Å². The number of phenols is 1. The van der Waals surface area contributed by atoms with Gasteiger partial charge in [-0.2, -0.15) is 0 Å². The van der Waals surface area contributed by atoms with Gasteiger partial charge in [0.2, 0.25) is 0 Å². The van der Waals surface area contributed by atoms with Gasteiger partial charge in [0.05, 0.1) is 28.6 Å². The second kappa shape index (κ2) is 8.58. The molecule has 11 heteroatoms. The molecule has 1 unspecified atom stereocenters. The Morgan fingerprint density at radius 2 is 1.61 bits per heavy atom. The Bertz CT molecular complexity index is 894. The number of hydrogen-bond donors (Lipinski definition) is 2. The number of non-ortho nitro benzene ring substituents is 2. The van der Waals surface area contributed by atoms with Gasteiger partial charge in [0.25, 0.3) is 17.3 Å². The Labute approximate surface area is 157 Å². The number of amides is 1. The first-order valence-corrected chi connectivity index (χ1v) is 7.81. The first-order chi connectivity index (χ1) is 13.2. The molecule has 0 aliphatic rings. The summed E-state index contributed by atoms with van der Waals surface area (Å²) in [6, 6.07) is 7.19. The molecule has 0 saturated heterocycles. The van der Waals surface area contributed by atoms with Gasteiger partial charge < -0.3 is 15.2 Å². The fourth-order valence-corrected chi connectivity index (χ4v) is 2.38. The highest BCUT2D eigenvalue weighted by Gasteiger charge is 2.25. The summed E-state index contributed by atoms with van der Waals surface area (Å²) in [5, 5.41) is 33.6. The maximum Gasteiger partial charge on any atom is 0.328 e. The number of nitro groups is 2. The fraction of sp³-hybridized carbons (Fsp3) is 0.176. The van der Waals surface area contributed by atoms with Crippen LogP contribution in [0.3, 0.4) is 0 Å². The molecule has 0 heterocycles. The summed E-state index contributed by atoms with van der Waals surface area (Å²) in [5.74, 6) is -1.67. The number of benzene rings is 2. The average Bonchev–Trinajstić information content (AvgIpc) is 2.67. The van der Waals surface area contributed by atoms with E-state index in [9.17, 15) is 34.9 Å². The van der Waals surface area contributed by atoms with Crippen molar-refractivity contribution in [3.05, 3.63) is 73.8 Å². The van der Waals surface area contributed by atoms with E-state index in [0.717, 1.165) is 25.3 Å². The van der Waals surface area contributed by atoms with E-state index < -0.39 is 39.1 Å². The summed E-state index contributed by atoms with van der Waals surface area (Å²) in [6.45, 7) is 0. The van der Waals surface area contributed by atoms with Crippen LogP contribution in [0.2, 0.25) is 0 Å². The molecule has 0 aliphatic heterocycles. The van der Waals surface area contributed by atoms with Crippen molar-refractivity contribution in [2.24, 2.45) is 0 Å². The molecule has 0 aliphatic carbocycles. The summed E-state index contributed by atoms with van der Waals surface area (Å²) in [4.78, 5) is 44.6. The number of esters is 1. The van der Waals surface area contributed by atoms with Crippen LogP contribution >= 0.6 is 0 Å². The summed E-state index contributed by atoms with van der Waals surface area (Å²) >= 11 is 0. The number of nitrogens with one attached hydrogen (secondary N) is 1. The van der Waals surface area contributed by atoms with Gasteiger partial charge in [-0.1, -0.05) is 12.1 Å². The Morgan fingerprint density at radius 3 is 2.07 bits per heavy atom. The summed E-state index contributed by atoms with van der Waals surface area (Å²) in [5.41, 5.74) is -1.01. The number of phenolic OH excluding ortho intramolecular Hbond substituents is 1. The molecule has 0 radical (unpaired) electrons. The average molecular weight is 389 g/mol. The molecule has 0 bridgehead atoms. The zero-order valence-corrected chi connectivity index (χ0v) is 14.5. The monoisotopic (exact) mass is 389 g/mol. The highest BCUT2D eigenvalue weighted by molar-refractivity contribution is 5.98. The third-order valence-corrected chi connectivity index (χ3v) is 3.75. The van der Waals surface area contributed by atoms with Crippen LogP contribution in [-0.4, -0.2) is 40.0 Å².